The minimum atomic E-state index is -1.99. The Morgan fingerprint density at radius 2 is 1.29 bits per heavy atom. The summed E-state index contributed by atoms with van der Waals surface area (Å²) in [5.41, 5.74) is 0. The van der Waals surface area contributed by atoms with Crippen LogP contribution in [0.25, 0.3) is 0 Å². The molecule has 0 heterocycles. The summed E-state index contributed by atoms with van der Waals surface area (Å²) in [6, 6.07) is 1.88. The van der Waals surface area contributed by atoms with Crippen molar-refractivity contribution in [3.8, 4) is 0 Å². The summed E-state index contributed by atoms with van der Waals surface area (Å²) in [6.07, 6.45) is 0. The second-order valence-corrected chi connectivity index (χ2v) is 21.6. The van der Waals surface area contributed by atoms with Gasteiger partial charge in [0.1, 0.15) is 16.5 Å². The summed E-state index contributed by atoms with van der Waals surface area (Å²) >= 11 is 0. The second-order valence-electron chi connectivity index (χ2n) is 7.53. The van der Waals surface area contributed by atoms with Gasteiger partial charge in [0.2, 0.25) is 0 Å². The molecule has 0 saturated carbocycles. The molecule has 0 aromatic heterocycles. The maximum absolute atomic E-state index is 5.89. The molecule has 0 saturated heterocycles. The fourth-order valence-electron chi connectivity index (χ4n) is 2.92. The fraction of sp³-hybridized carbons (Fsp3) is 1.00. The third kappa shape index (κ3) is 7.54. The first-order valence-corrected chi connectivity index (χ1v) is 17.1. The monoisotopic (exact) mass is 351 g/mol. The molecule has 21 heavy (non-hydrogen) atoms. The molecule has 0 radical (unpaired) electrons. The molecule has 7 heteroatoms. The normalized spacial score (nSPS) is 14.0. The first-order chi connectivity index (χ1) is 9.52. The highest BCUT2D eigenvalue weighted by atomic mass is 28.4. The standard InChI is InChI=1S/C14H37NO3Si3/c1-10-21(16-2,17-3)14-13-18-12-11-15(19(4,5)6)20(7,8)9/h10-14H2,1-9H3. The molecule has 0 aliphatic rings. The SMILES string of the molecule is CC[Si](CCOCCN([Si](C)(C)C)[Si](C)(C)C)(OC)OC. The third-order valence-corrected chi connectivity index (χ3v) is 15.2. The van der Waals surface area contributed by atoms with E-state index in [4.69, 9.17) is 13.6 Å². The van der Waals surface area contributed by atoms with Gasteiger partial charge in [0.05, 0.1) is 6.61 Å². The minimum Gasteiger partial charge on any atom is -0.398 e. The van der Waals surface area contributed by atoms with Gasteiger partial charge in [-0.05, 0) is 6.04 Å². The molecule has 0 rings (SSSR count). The zero-order chi connectivity index (χ0) is 16.7. The van der Waals surface area contributed by atoms with Crippen molar-refractivity contribution in [1.82, 2.24) is 4.23 Å². The van der Waals surface area contributed by atoms with Gasteiger partial charge < -0.3 is 17.8 Å². The van der Waals surface area contributed by atoms with E-state index in [2.05, 4.69) is 50.4 Å². The molecule has 0 atom stereocenters. The molecule has 0 aromatic carbocycles. The van der Waals surface area contributed by atoms with Crippen LogP contribution in [0.2, 0.25) is 51.4 Å². The van der Waals surface area contributed by atoms with Crippen LogP contribution in [0.4, 0.5) is 0 Å². The highest BCUT2D eigenvalue weighted by Crippen LogP contribution is 2.20. The van der Waals surface area contributed by atoms with Gasteiger partial charge in [0.15, 0.2) is 0 Å². The van der Waals surface area contributed by atoms with E-state index in [1.165, 1.54) is 0 Å². The Bertz CT molecular complexity index is 264. The molecule has 4 nitrogen and oxygen atoms in total. The smallest absolute Gasteiger partial charge is 0.339 e. The number of hydrogen-bond donors (Lipinski definition) is 0. The summed E-state index contributed by atoms with van der Waals surface area (Å²) in [7, 11) is -0.997. The zero-order valence-electron chi connectivity index (χ0n) is 15.7. The highest BCUT2D eigenvalue weighted by Gasteiger charge is 2.34. The lowest BCUT2D eigenvalue weighted by Crippen LogP contribution is -2.60. The van der Waals surface area contributed by atoms with Crippen molar-refractivity contribution in [2.45, 2.75) is 58.3 Å². The van der Waals surface area contributed by atoms with Crippen LogP contribution in [0.5, 0.6) is 0 Å². The molecule has 0 aliphatic carbocycles. The zero-order valence-corrected chi connectivity index (χ0v) is 18.7. The third-order valence-electron chi connectivity index (χ3n) is 3.99. The minimum absolute atomic E-state index is 0.743. The van der Waals surface area contributed by atoms with Gasteiger partial charge in [-0.1, -0.05) is 46.2 Å². The van der Waals surface area contributed by atoms with Gasteiger partial charge in [0.25, 0.3) is 0 Å². The molecule has 0 fully saturated rings. The van der Waals surface area contributed by atoms with Crippen LogP contribution in [-0.2, 0) is 13.6 Å². The van der Waals surface area contributed by atoms with Gasteiger partial charge >= 0.3 is 8.56 Å². The quantitative estimate of drug-likeness (QED) is 0.419. The van der Waals surface area contributed by atoms with Crippen molar-refractivity contribution in [3.63, 3.8) is 0 Å². The maximum Gasteiger partial charge on any atom is 0.339 e. The van der Waals surface area contributed by atoms with E-state index in [0.717, 1.165) is 31.8 Å². The molecule has 128 valence electrons. The molecule has 0 spiro atoms. The highest BCUT2D eigenvalue weighted by molar-refractivity contribution is 6.89. The van der Waals surface area contributed by atoms with E-state index in [0.29, 0.717) is 0 Å². The van der Waals surface area contributed by atoms with Gasteiger partial charge in [-0.2, -0.15) is 0 Å². The van der Waals surface area contributed by atoms with Crippen LogP contribution >= 0.6 is 0 Å². The fourth-order valence-corrected chi connectivity index (χ4v) is 14.5. The molecule has 0 bridgehead atoms. The van der Waals surface area contributed by atoms with Gasteiger partial charge in [0, 0.05) is 33.4 Å². The van der Waals surface area contributed by atoms with Crippen molar-refractivity contribution in [1.29, 1.82) is 0 Å². The van der Waals surface area contributed by atoms with E-state index >= 15 is 0 Å². The number of hydrogen-bond acceptors (Lipinski definition) is 4. The Labute approximate surface area is 135 Å². The van der Waals surface area contributed by atoms with E-state index in [1.54, 1.807) is 14.2 Å². The van der Waals surface area contributed by atoms with Gasteiger partial charge in [-0.25, -0.2) is 0 Å². The Hall–Kier alpha value is 0.491. The molecule has 0 aromatic rings. The van der Waals surface area contributed by atoms with E-state index in [-0.39, 0.29) is 0 Å². The number of nitrogens with zero attached hydrogens (tertiary/aromatic N) is 1. The van der Waals surface area contributed by atoms with Crippen LogP contribution in [0.3, 0.4) is 0 Å². The largest absolute Gasteiger partial charge is 0.398 e. The average Bonchev–Trinajstić information content (AvgIpc) is 2.36. The van der Waals surface area contributed by atoms with Gasteiger partial charge in [-0.15, -0.1) is 0 Å². The summed E-state index contributed by atoms with van der Waals surface area (Å²) in [5.74, 6) is 0. The average molecular weight is 352 g/mol. The topological polar surface area (TPSA) is 30.9 Å². The van der Waals surface area contributed by atoms with Crippen molar-refractivity contribution in [2.24, 2.45) is 0 Å². The molecule has 0 aliphatic heterocycles. The lowest BCUT2D eigenvalue weighted by atomic mass is 10.7. The van der Waals surface area contributed by atoms with Crippen LogP contribution in [0.15, 0.2) is 0 Å². The van der Waals surface area contributed by atoms with Crippen molar-refractivity contribution in [2.75, 3.05) is 34.0 Å². The van der Waals surface area contributed by atoms with Crippen molar-refractivity contribution >= 4 is 25.0 Å². The summed E-state index contributed by atoms with van der Waals surface area (Å²) < 4.78 is 19.9. The molecule has 0 amide bonds. The molecular formula is C14H37NO3Si3. The van der Waals surface area contributed by atoms with Crippen molar-refractivity contribution in [3.05, 3.63) is 0 Å². The summed E-state index contributed by atoms with van der Waals surface area (Å²) in [5, 5.41) is 0. The first-order valence-electron chi connectivity index (χ1n) is 7.98. The Morgan fingerprint density at radius 3 is 1.62 bits per heavy atom. The predicted molar refractivity (Wildman–Crippen MR) is 99.3 cm³/mol. The summed E-state index contributed by atoms with van der Waals surface area (Å²) in [4.78, 5) is 0. The Kier molecular flexibility index (Phi) is 9.16. The second kappa shape index (κ2) is 8.95. The Morgan fingerprint density at radius 1 is 0.810 bits per heavy atom. The molecular weight excluding hydrogens is 314 g/mol. The Balaban J connectivity index is 4.25. The lowest BCUT2D eigenvalue weighted by molar-refractivity contribution is 0.131. The first kappa shape index (κ1) is 21.5. The maximum atomic E-state index is 5.89. The van der Waals surface area contributed by atoms with Crippen LogP contribution in [0, 0.1) is 0 Å². The van der Waals surface area contributed by atoms with Crippen LogP contribution in [-0.4, -0.2) is 63.2 Å². The van der Waals surface area contributed by atoms with E-state index in [1.807, 2.05) is 0 Å². The number of rotatable bonds is 11. The van der Waals surface area contributed by atoms with Crippen LogP contribution < -0.4 is 0 Å². The molecule has 0 unspecified atom stereocenters. The molecule has 0 N–H and O–H groups in total. The van der Waals surface area contributed by atoms with E-state index in [9.17, 15) is 0 Å². The summed E-state index contributed by atoms with van der Waals surface area (Å²) in [6.45, 7) is 19.3. The van der Waals surface area contributed by atoms with Crippen LogP contribution in [0.1, 0.15) is 6.92 Å². The predicted octanol–water partition coefficient (Wildman–Crippen LogP) is 3.73. The van der Waals surface area contributed by atoms with Gasteiger partial charge in [-0.3, -0.25) is 0 Å². The number of ether oxygens (including phenoxy) is 1. The van der Waals surface area contributed by atoms with Crippen molar-refractivity contribution < 1.29 is 13.6 Å². The lowest BCUT2D eigenvalue weighted by Gasteiger charge is -2.43. The van der Waals surface area contributed by atoms with E-state index < -0.39 is 25.0 Å².